The third-order valence-electron chi connectivity index (χ3n) is 3.64. The number of rotatable bonds is 6. The van der Waals surface area contributed by atoms with Gasteiger partial charge in [0.2, 0.25) is 5.91 Å². The molecule has 1 amide bonds. The molecular formula is C18H19FN2O3. The summed E-state index contributed by atoms with van der Waals surface area (Å²) in [6, 6.07) is 11.9. The third-order valence-corrected chi connectivity index (χ3v) is 3.64. The van der Waals surface area contributed by atoms with Crippen molar-refractivity contribution in [1.29, 1.82) is 0 Å². The lowest BCUT2D eigenvalue weighted by Crippen LogP contribution is -2.29. The van der Waals surface area contributed by atoms with Gasteiger partial charge in [-0.25, -0.2) is 4.39 Å². The highest BCUT2D eigenvalue weighted by molar-refractivity contribution is 5.92. The number of halogens is 1. The van der Waals surface area contributed by atoms with Gasteiger partial charge in [0.05, 0.1) is 6.54 Å². The zero-order valence-corrected chi connectivity index (χ0v) is 13.2. The zero-order valence-electron chi connectivity index (χ0n) is 13.2. The van der Waals surface area contributed by atoms with E-state index in [4.69, 9.17) is 9.47 Å². The van der Waals surface area contributed by atoms with Gasteiger partial charge in [0, 0.05) is 11.8 Å². The quantitative estimate of drug-likeness (QED) is 0.799. The lowest BCUT2D eigenvalue weighted by molar-refractivity contribution is -0.115. The van der Waals surface area contributed by atoms with Crippen molar-refractivity contribution in [3.8, 4) is 11.5 Å². The van der Waals surface area contributed by atoms with Gasteiger partial charge < -0.3 is 20.1 Å². The highest BCUT2D eigenvalue weighted by Crippen LogP contribution is 2.32. The summed E-state index contributed by atoms with van der Waals surface area (Å²) in [7, 11) is 0. The van der Waals surface area contributed by atoms with Crippen molar-refractivity contribution in [2.24, 2.45) is 0 Å². The van der Waals surface area contributed by atoms with Gasteiger partial charge in [-0.3, -0.25) is 4.79 Å². The summed E-state index contributed by atoms with van der Waals surface area (Å²) in [5.74, 6) is 0.925. The van der Waals surface area contributed by atoms with Gasteiger partial charge in [-0.15, -0.1) is 0 Å². The van der Waals surface area contributed by atoms with Gasteiger partial charge in [0.25, 0.3) is 0 Å². The maximum Gasteiger partial charge on any atom is 0.238 e. The molecule has 0 atom stereocenters. The highest BCUT2D eigenvalue weighted by atomic mass is 19.1. The van der Waals surface area contributed by atoms with Crippen molar-refractivity contribution in [1.82, 2.24) is 5.32 Å². The summed E-state index contributed by atoms with van der Waals surface area (Å²) in [6.07, 6.45) is 0.532. The number of amides is 1. The van der Waals surface area contributed by atoms with E-state index in [2.05, 4.69) is 10.6 Å². The van der Waals surface area contributed by atoms with Crippen LogP contribution < -0.4 is 20.1 Å². The van der Waals surface area contributed by atoms with Crippen molar-refractivity contribution in [2.75, 3.05) is 31.6 Å². The van der Waals surface area contributed by atoms with Gasteiger partial charge in [-0.2, -0.15) is 0 Å². The first kappa shape index (κ1) is 16.3. The van der Waals surface area contributed by atoms with Crippen LogP contribution in [0.1, 0.15) is 5.56 Å². The van der Waals surface area contributed by atoms with Gasteiger partial charge in [-0.1, -0.05) is 18.2 Å². The third kappa shape index (κ3) is 4.23. The van der Waals surface area contributed by atoms with Crippen LogP contribution in [-0.2, 0) is 11.2 Å². The van der Waals surface area contributed by atoms with Crippen LogP contribution in [0.5, 0.6) is 11.5 Å². The minimum Gasteiger partial charge on any atom is -0.486 e. The predicted molar refractivity (Wildman–Crippen MR) is 89.0 cm³/mol. The first-order valence-corrected chi connectivity index (χ1v) is 7.86. The van der Waals surface area contributed by atoms with Crippen molar-refractivity contribution >= 4 is 11.6 Å². The van der Waals surface area contributed by atoms with Crippen LogP contribution in [0.3, 0.4) is 0 Å². The molecular weight excluding hydrogens is 311 g/mol. The van der Waals surface area contributed by atoms with Gasteiger partial charge >= 0.3 is 0 Å². The summed E-state index contributed by atoms with van der Waals surface area (Å²) in [5.41, 5.74) is 1.29. The van der Waals surface area contributed by atoms with E-state index < -0.39 is 0 Å². The second-order valence-electron chi connectivity index (χ2n) is 5.42. The normalized spacial score (nSPS) is 12.7. The Morgan fingerprint density at radius 1 is 1.08 bits per heavy atom. The smallest absolute Gasteiger partial charge is 0.238 e. The van der Waals surface area contributed by atoms with E-state index in [1.807, 2.05) is 0 Å². The van der Waals surface area contributed by atoms with E-state index in [9.17, 15) is 9.18 Å². The second-order valence-corrected chi connectivity index (χ2v) is 5.42. The van der Waals surface area contributed by atoms with Crippen LogP contribution in [0, 0.1) is 5.82 Å². The maximum absolute atomic E-state index is 13.5. The molecule has 2 aromatic carbocycles. The van der Waals surface area contributed by atoms with Crippen LogP contribution in [0.2, 0.25) is 0 Å². The molecule has 0 bridgehead atoms. The molecule has 0 saturated carbocycles. The van der Waals surface area contributed by atoms with Gasteiger partial charge in [0.1, 0.15) is 19.0 Å². The lowest BCUT2D eigenvalue weighted by atomic mass is 10.1. The van der Waals surface area contributed by atoms with E-state index in [1.54, 1.807) is 36.4 Å². The molecule has 0 fully saturated rings. The van der Waals surface area contributed by atoms with E-state index in [-0.39, 0.29) is 18.3 Å². The minimum absolute atomic E-state index is 0.156. The zero-order chi connectivity index (χ0) is 16.8. The molecule has 0 radical (unpaired) electrons. The standard InChI is InChI=1S/C18H19FN2O3/c19-15-4-2-1-3-13(15)7-8-20-12-18(22)21-14-5-6-16-17(11-14)24-10-9-23-16/h1-6,11,20H,7-10,12H2,(H,21,22). The number of anilines is 1. The number of benzene rings is 2. The Morgan fingerprint density at radius 3 is 2.71 bits per heavy atom. The fourth-order valence-corrected chi connectivity index (χ4v) is 2.45. The Balaban J connectivity index is 1.43. The van der Waals surface area contributed by atoms with E-state index >= 15 is 0 Å². The molecule has 5 nitrogen and oxygen atoms in total. The van der Waals surface area contributed by atoms with Crippen LogP contribution >= 0.6 is 0 Å². The number of nitrogens with one attached hydrogen (secondary N) is 2. The fraction of sp³-hybridized carbons (Fsp3) is 0.278. The van der Waals surface area contributed by atoms with Crippen molar-refractivity contribution < 1.29 is 18.7 Å². The summed E-state index contributed by atoms with van der Waals surface area (Å²) in [5, 5.41) is 5.80. The van der Waals surface area contributed by atoms with Crippen molar-refractivity contribution in [2.45, 2.75) is 6.42 Å². The first-order valence-electron chi connectivity index (χ1n) is 7.86. The Hall–Kier alpha value is -2.60. The number of carbonyl (C=O) groups is 1. The molecule has 0 unspecified atom stereocenters. The molecule has 0 aromatic heterocycles. The van der Waals surface area contributed by atoms with Crippen LogP contribution in [0.15, 0.2) is 42.5 Å². The molecule has 0 aliphatic carbocycles. The molecule has 0 spiro atoms. The Kier molecular flexibility index (Phi) is 5.28. The Morgan fingerprint density at radius 2 is 1.88 bits per heavy atom. The number of fused-ring (bicyclic) bond motifs is 1. The molecule has 0 saturated heterocycles. The molecule has 2 N–H and O–H groups in total. The average molecular weight is 330 g/mol. The number of hydrogen-bond acceptors (Lipinski definition) is 4. The number of carbonyl (C=O) groups excluding carboxylic acids is 1. The van der Waals surface area contributed by atoms with Crippen LogP contribution in [-0.4, -0.2) is 32.2 Å². The molecule has 126 valence electrons. The van der Waals surface area contributed by atoms with Crippen molar-refractivity contribution in [3.05, 3.63) is 53.8 Å². The number of ether oxygens (including phenoxy) is 2. The fourth-order valence-electron chi connectivity index (χ4n) is 2.45. The summed E-state index contributed by atoms with van der Waals surface area (Å²) < 4.78 is 24.4. The van der Waals surface area contributed by atoms with Crippen molar-refractivity contribution in [3.63, 3.8) is 0 Å². The molecule has 6 heteroatoms. The maximum atomic E-state index is 13.5. The molecule has 2 aromatic rings. The van der Waals surface area contributed by atoms with E-state index in [0.29, 0.717) is 48.9 Å². The topological polar surface area (TPSA) is 59.6 Å². The van der Waals surface area contributed by atoms with Crippen LogP contribution in [0.25, 0.3) is 0 Å². The first-order chi connectivity index (χ1) is 11.7. The monoisotopic (exact) mass is 330 g/mol. The summed E-state index contributed by atoms with van der Waals surface area (Å²) >= 11 is 0. The van der Waals surface area contributed by atoms with E-state index in [1.165, 1.54) is 6.07 Å². The minimum atomic E-state index is -0.222. The molecule has 3 rings (SSSR count). The SMILES string of the molecule is O=C(CNCCc1ccccc1F)Nc1ccc2c(c1)OCCO2. The van der Waals surface area contributed by atoms with Gasteiger partial charge in [-0.05, 0) is 36.7 Å². The molecule has 1 heterocycles. The van der Waals surface area contributed by atoms with Gasteiger partial charge in [0.15, 0.2) is 11.5 Å². The Labute approximate surface area is 139 Å². The lowest BCUT2D eigenvalue weighted by Gasteiger charge is -2.19. The summed E-state index contributed by atoms with van der Waals surface area (Å²) in [6.45, 7) is 1.71. The molecule has 1 aliphatic rings. The Bertz CT molecular complexity index is 721. The average Bonchev–Trinajstić information content (AvgIpc) is 2.60. The van der Waals surface area contributed by atoms with E-state index in [0.717, 1.165) is 0 Å². The molecule has 24 heavy (non-hydrogen) atoms. The molecule has 1 aliphatic heterocycles. The summed E-state index contributed by atoms with van der Waals surface area (Å²) in [4.78, 5) is 11.9. The number of hydrogen-bond donors (Lipinski definition) is 2. The van der Waals surface area contributed by atoms with Crippen LogP contribution in [0.4, 0.5) is 10.1 Å². The highest BCUT2D eigenvalue weighted by Gasteiger charge is 2.12. The largest absolute Gasteiger partial charge is 0.486 e. The predicted octanol–water partition coefficient (Wildman–Crippen LogP) is 2.37. The second kappa shape index (κ2) is 7.79.